The number of aromatic nitrogens is 2. The Hall–Kier alpha value is -1.20. The molecule has 1 aromatic heterocycles. The van der Waals surface area contributed by atoms with Gasteiger partial charge in [0.25, 0.3) is 5.91 Å². The Labute approximate surface area is 98.6 Å². The normalized spacial score (nSPS) is 17.1. The highest BCUT2D eigenvalue weighted by Crippen LogP contribution is 2.05. The van der Waals surface area contributed by atoms with Gasteiger partial charge in [0.15, 0.2) is 10.8 Å². The van der Waals surface area contributed by atoms with Crippen molar-refractivity contribution in [3.05, 3.63) is 23.0 Å². The van der Waals surface area contributed by atoms with Crippen LogP contribution in [0.15, 0.2) is 12.1 Å². The molecule has 1 aliphatic heterocycles. The summed E-state index contributed by atoms with van der Waals surface area (Å²) < 4.78 is 0. The lowest BCUT2D eigenvalue weighted by molar-refractivity contribution is 0.0923. The van der Waals surface area contributed by atoms with Crippen molar-refractivity contribution in [2.45, 2.75) is 18.9 Å². The number of rotatable bonds is 2. The summed E-state index contributed by atoms with van der Waals surface area (Å²) in [5.41, 5.74) is 0.308. The van der Waals surface area contributed by atoms with Gasteiger partial charge in [0.05, 0.1) is 0 Å². The van der Waals surface area contributed by atoms with E-state index in [1.165, 1.54) is 0 Å². The van der Waals surface area contributed by atoms with Crippen molar-refractivity contribution in [2.75, 3.05) is 13.1 Å². The van der Waals surface area contributed by atoms with Gasteiger partial charge in [-0.05, 0) is 38.1 Å². The molecule has 1 aromatic rings. The standard InChI is InChI=1S/C10H13ClN4O/c11-9-2-1-8(14-15-9)10(16)13-7-3-5-12-6-4-7/h1-2,7,12H,3-6H2,(H,13,16). The van der Waals surface area contributed by atoms with Crippen molar-refractivity contribution in [1.29, 1.82) is 0 Å². The van der Waals surface area contributed by atoms with Crippen molar-refractivity contribution in [2.24, 2.45) is 0 Å². The molecular formula is C10H13ClN4O. The van der Waals surface area contributed by atoms with Gasteiger partial charge in [-0.25, -0.2) is 0 Å². The molecule has 0 aliphatic carbocycles. The minimum atomic E-state index is -0.184. The predicted octanol–water partition coefficient (Wildman–Crippen LogP) is 0.612. The summed E-state index contributed by atoms with van der Waals surface area (Å²) in [6, 6.07) is 3.36. The van der Waals surface area contributed by atoms with Gasteiger partial charge in [-0.2, -0.15) is 0 Å². The van der Waals surface area contributed by atoms with E-state index in [0.29, 0.717) is 10.8 Å². The number of amides is 1. The van der Waals surface area contributed by atoms with E-state index in [2.05, 4.69) is 20.8 Å². The Morgan fingerprint density at radius 1 is 1.38 bits per heavy atom. The van der Waals surface area contributed by atoms with Crippen LogP contribution in [0.1, 0.15) is 23.3 Å². The molecule has 0 radical (unpaired) electrons. The van der Waals surface area contributed by atoms with Crippen LogP contribution >= 0.6 is 11.6 Å². The minimum Gasteiger partial charge on any atom is -0.348 e. The Morgan fingerprint density at radius 3 is 2.75 bits per heavy atom. The third-order valence-corrected chi connectivity index (χ3v) is 2.74. The first-order valence-electron chi connectivity index (χ1n) is 5.26. The molecule has 86 valence electrons. The molecule has 0 saturated carbocycles. The van der Waals surface area contributed by atoms with Crippen LogP contribution < -0.4 is 10.6 Å². The maximum atomic E-state index is 11.7. The highest BCUT2D eigenvalue weighted by molar-refractivity contribution is 6.29. The Kier molecular flexibility index (Phi) is 3.69. The molecule has 1 amide bonds. The zero-order valence-corrected chi connectivity index (χ0v) is 9.50. The topological polar surface area (TPSA) is 66.9 Å². The average Bonchev–Trinajstić information content (AvgIpc) is 2.31. The fourth-order valence-corrected chi connectivity index (χ4v) is 1.76. The molecule has 1 fully saturated rings. The third-order valence-electron chi connectivity index (χ3n) is 2.54. The van der Waals surface area contributed by atoms with Crippen LogP contribution in [0.5, 0.6) is 0 Å². The number of halogens is 1. The molecular weight excluding hydrogens is 228 g/mol. The molecule has 0 bridgehead atoms. The van der Waals surface area contributed by atoms with E-state index >= 15 is 0 Å². The molecule has 1 aliphatic rings. The lowest BCUT2D eigenvalue weighted by atomic mass is 10.1. The second-order valence-electron chi connectivity index (χ2n) is 3.74. The molecule has 6 heteroatoms. The molecule has 1 saturated heterocycles. The van der Waals surface area contributed by atoms with E-state index in [9.17, 15) is 4.79 Å². The van der Waals surface area contributed by atoms with Crippen LogP contribution in [0.3, 0.4) is 0 Å². The third kappa shape index (κ3) is 2.90. The van der Waals surface area contributed by atoms with Gasteiger partial charge in [-0.15, -0.1) is 10.2 Å². The number of carbonyl (C=O) groups is 1. The summed E-state index contributed by atoms with van der Waals surface area (Å²) in [4.78, 5) is 11.7. The van der Waals surface area contributed by atoms with E-state index < -0.39 is 0 Å². The largest absolute Gasteiger partial charge is 0.348 e. The van der Waals surface area contributed by atoms with Crippen molar-refractivity contribution in [1.82, 2.24) is 20.8 Å². The number of carbonyl (C=O) groups excluding carboxylic acids is 1. The molecule has 5 nitrogen and oxygen atoms in total. The Morgan fingerprint density at radius 2 is 2.12 bits per heavy atom. The minimum absolute atomic E-state index is 0.184. The van der Waals surface area contributed by atoms with Gasteiger partial charge in [-0.3, -0.25) is 4.79 Å². The van der Waals surface area contributed by atoms with Crippen LogP contribution in [0.2, 0.25) is 5.15 Å². The van der Waals surface area contributed by atoms with E-state index in [-0.39, 0.29) is 11.9 Å². The first-order chi connectivity index (χ1) is 7.75. The lowest BCUT2D eigenvalue weighted by Crippen LogP contribution is -2.42. The molecule has 0 atom stereocenters. The average molecular weight is 241 g/mol. The van der Waals surface area contributed by atoms with Gasteiger partial charge >= 0.3 is 0 Å². The second-order valence-corrected chi connectivity index (χ2v) is 4.13. The fraction of sp³-hybridized carbons (Fsp3) is 0.500. The number of hydrogen-bond donors (Lipinski definition) is 2. The smallest absolute Gasteiger partial charge is 0.272 e. The van der Waals surface area contributed by atoms with Gasteiger partial charge < -0.3 is 10.6 Å². The molecule has 0 aromatic carbocycles. The van der Waals surface area contributed by atoms with Crippen molar-refractivity contribution >= 4 is 17.5 Å². The SMILES string of the molecule is O=C(NC1CCNCC1)c1ccc(Cl)nn1. The maximum Gasteiger partial charge on any atom is 0.272 e. The van der Waals surface area contributed by atoms with Crippen molar-refractivity contribution < 1.29 is 4.79 Å². The predicted molar refractivity (Wildman–Crippen MR) is 60.4 cm³/mol. The molecule has 2 rings (SSSR count). The quantitative estimate of drug-likeness (QED) is 0.795. The summed E-state index contributed by atoms with van der Waals surface area (Å²) in [6.07, 6.45) is 1.90. The van der Waals surface area contributed by atoms with Gasteiger partial charge in [-0.1, -0.05) is 11.6 Å². The zero-order valence-electron chi connectivity index (χ0n) is 8.74. The molecule has 0 unspecified atom stereocenters. The highest BCUT2D eigenvalue weighted by atomic mass is 35.5. The maximum absolute atomic E-state index is 11.7. The van der Waals surface area contributed by atoms with Crippen LogP contribution in [-0.4, -0.2) is 35.2 Å². The van der Waals surface area contributed by atoms with Gasteiger partial charge in [0.1, 0.15) is 0 Å². The summed E-state index contributed by atoms with van der Waals surface area (Å²) in [5.74, 6) is -0.184. The highest BCUT2D eigenvalue weighted by Gasteiger charge is 2.17. The molecule has 2 N–H and O–H groups in total. The second kappa shape index (κ2) is 5.23. The molecule has 2 heterocycles. The number of nitrogens with zero attached hydrogens (tertiary/aromatic N) is 2. The molecule has 0 spiro atoms. The van der Waals surface area contributed by atoms with Crippen LogP contribution in [0.25, 0.3) is 0 Å². The summed E-state index contributed by atoms with van der Waals surface area (Å²) >= 11 is 5.59. The Bertz CT molecular complexity index is 362. The van der Waals surface area contributed by atoms with Crippen molar-refractivity contribution in [3.63, 3.8) is 0 Å². The van der Waals surface area contributed by atoms with Crippen LogP contribution in [0.4, 0.5) is 0 Å². The van der Waals surface area contributed by atoms with Crippen LogP contribution in [-0.2, 0) is 0 Å². The van der Waals surface area contributed by atoms with Crippen molar-refractivity contribution in [3.8, 4) is 0 Å². The van der Waals surface area contributed by atoms with E-state index in [1.807, 2.05) is 0 Å². The summed E-state index contributed by atoms with van der Waals surface area (Å²) in [6.45, 7) is 1.88. The van der Waals surface area contributed by atoms with Crippen LogP contribution in [0, 0.1) is 0 Å². The lowest BCUT2D eigenvalue weighted by Gasteiger charge is -2.23. The first kappa shape index (κ1) is 11.3. The van der Waals surface area contributed by atoms with E-state index in [0.717, 1.165) is 25.9 Å². The zero-order chi connectivity index (χ0) is 11.4. The number of nitrogens with one attached hydrogen (secondary N) is 2. The van der Waals surface area contributed by atoms with Gasteiger partial charge in [0, 0.05) is 6.04 Å². The number of hydrogen-bond acceptors (Lipinski definition) is 4. The molecule has 16 heavy (non-hydrogen) atoms. The van der Waals surface area contributed by atoms with E-state index in [4.69, 9.17) is 11.6 Å². The van der Waals surface area contributed by atoms with E-state index in [1.54, 1.807) is 12.1 Å². The number of piperidine rings is 1. The first-order valence-corrected chi connectivity index (χ1v) is 5.64. The van der Waals surface area contributed by atoms with Gasteiger partial charge in [0.2, 0.25) is 0 Å². The summed E-state index contributed by atoms with van der Waals surface area (Å²) in [5, 5.41) is 13.8. The fourth-order valence-electron chi connectivity index (χ4n) is 1.66. The monoisotopic (exact) mass is 240 g/mol. The Balaban J connectivity index is 1.94. The summed E-state index contributed by atoms with van der Waals surface area (Å²) in [7, 11) is 0.